The standard InChI is InChI=1S/C12H14F2/c1-7(2)9-6-10(9)8-4-3-5-11(13)12(8)14/h3-5,7,9-10H,6H2,1-2H3/t9-,10-/m1/s1. The van der Waals surface area contributed by atoms with E-state index in [2.05, 4.69) is 13.8 Å². The molecule has 1 aromatic rings. The molecule has 76 valence electrons. The summed E-state index contributed by atoms with van der Waals surface area (Å²) in [7, 11) is 0. The molecular formula is C12H14F2. The first-order valence-electron chi connectivity index (χ1n) is 5.05. The number of hydrogen-bond donors (Lipinski definition) is 0. The fourth-order valence-electron chi connectivity index (χ4n) is 2.12. The van der Waals surface area contributed by atoms with Gasteiger partial charge < -0.3 is 0 Å². The highest BCUT2D eigenvalue weighted by Crippen LogP contribution is 2.52. The van der Waals surface area contributed by atoms with Crippen LogP contribution in [0.5, 0.6) is 0 Å². The first-order chi connectivity index (χ1) is 6.61. The lowest BCUT2D eigenvalue weighted by molar-refractivity contribution is 0.490. The molecule has 0 radical (unpaired) electrons. The normalized spacial score (nSPS) is 25.5. The van der Waals surface area contributed by atoms with Crippen LogP contribution in [0, 0.1) is 23.5 Å². The minimum absolute atomic E-state index is 0.241. The molecule has 0 aromatic heterocycles. The summed E-state index contributed by atoms with van der Waals surface area (Å²) in [6.07, 6.45) is 0.998. The van der Waals surface area contributed by atoms with Crippen molar-refractivity contribution in [3.63, 3.8) is 0 Å². The van der Waals surface area contributed by atoms with Crippen LogP contribution in [-0.4, -0.2) is 0 Å². The Kier molecular flexibility index (Phi) is 2.30. The van der Waals surface area contributed by atoms with E-state index < -0.39 is 11.6 Å². The molecule has 0 N–H and O–H groups in total. The van der Waals surface area contributed by atoms with Gasteiger partial charge in [-0.25, -0.2) is 8.78 Å². The Morgan fingerprint density at radius 1 is 1.29 bits per heavy atom. The summed E-state index contributed by atoms with van der Waals surface area (Å²) in [5, 5.41) is 0. The van der Waals surface area contributed by atoms with Crippen molar-refractivity contribution in [2.45, 2.75) is 26.2 Å². The predicted molar refractivity (Wildman–Crippen MR) is 52.0 cm³/mol. The number of rotatable bonds is 2. The van der Waals surface area contributed by atoms with Crippen LogP contribution in [0.1, 0.15) is 31.7 Å². The highest BCUT2D eigenvalue weighted by molar-refractivity contribution is 5.28. The van der Waals surface area contributed by atoms with Crippen molar-refractivity contribution >= 4 is 0 Å². The fourth-order valence-corrected chi connectivity index (χ4v) is 2.12. The van der Waals surface area contributed by atoms with E-state index in [1.807, 2.05) is 0 Å². The lowest BCUT2D eigenvalue weighted by Gasteiger charge is -2.05. The van der Waals surface area contributed by atoms with Gasteiger partial charge in [-0.15, -0.1) is 0 Å². The van der Waals surface area contributed by atoms with Crippen molar-refractivity contribution in [3.05, 3.63) is 35.4 Å². The molecule has 0 amide bonds. The lowest BCUT2D eigenvalue weighted by Crippen LogP contribution is -1.96. The van der Waals surface area contributed by atoms with E-state index in [9.17, 15) is 8.78 Å². The van der Waals surface area contributed by atoms with Crippen LogP contribution in [0.15, 0.2) is 18.2 Å². The van der Waals surface area contributed by atoms with Gasteiger partial charge in [-0.05, 0) is 35.8 Å². The van der Waals surface area contributed by atoms with E-state index in [1.54, 1.807) is 12.1 Å². The second kappa shape index (κ2) is 3.34. The third-order valence-electron chi connectivity index (χ3n) is 3.08. The molecule has 1 aliphatic carbocycles. The number of benzene rings is 1. The van der Waals surface area contributed by atoms with E-state index >= 15 is 0 Å². The molecule has 0 saturated heterocycles. The SMILES string of the molecule is CC(C)[C@H]1C[C@@H]1c1cccc(F)c1F. The number of hydrogen-bond acceptors (Lipinski definition) is 0. The predicted octanol–water partition coefficient (Wildman–Crippen LogP) is 3.72. The van der Waals surface area contributed by atoms with Crippen molar-refractivity contribution in [1.82, 2.24) is 0 Å². The third-order valence-corrected chi connectivity index (χ3v) is 3.08. The highest BCUT2D eigenvalue weighted by Gasteiger charge is 2.41. The molecule has 14 heavy (non-hydrogen) atoms. The molecule has 1 saturated carbocycles. The van der Waals surface area contributed by atoms with Crippen LogP contribution in [0.4, 0.5) is 8.78 Å². The smallest absolute Gasteiger partial charge is 0.162 e. The monoisotopic (exact) mass is 196 g/mol. The van der Waals surface area contributed by atoms with Crippen LogP contribution in [-0.2, 0) is 0 Å². The molecule has 0 unspecified atom stereocenters. The maximum atomic E-state index is 13.4. The summed E-state index contributed by atoms with van der Waals surface area (Å²) in [6.45, 7) is 4.25. The molecule has 0 nitrogen and oxygen atoms in total. The van der Waals surface area contributed by atoms with Crippen molar-refractivity contribution in [3.8, 4) is 0 Å². The van der Waals surface area contributed by atoms with Crippen LogP contribution < -0.4 is 0 Å². The molecule has 2 rings (SSSR count). The summed E-state index contributed by atoms with van der Waals surface area (Å²) < 4.78 is 26.3. The second-order valence-corrected chi connectivity index (χ2v) is 4.39. The van der Waals surface area contributed by atoms with Gasteiger partial charge in [0.2, 0.25) is 0 Å². The first kappa shape index (κ1) is 9.63. The Morgan fingerprint density at radius 2 is 2.00 bits per heavy atom. The van der Waals surface area contributed by atoms with Crippen molar-refractivity contribution < 1.29 is 8.78 Å². The summed E-state index contributed by atoms with van der Waals surface area (Å²) in [4.78, 5) is 0. The Hall–Kier alpha value is -0.920. The molecule has 0 spiro atoms. The van der Waals surface area contributed by atoms with Crippen molar-refractivity contribution in [1.29, 1.82) is 0 Å². The Bertz CT molecular complexity index is 344. The molecule has 1 aliphatic rings. The van der Waals surface area contributed by atoms with Gasteiger partial charge >= 0.3 is 0 Å². The number of halogens is 2. The Labute approximate surface area is 82.9 Å². The van der Waals surface area contributed by atoms with Crippen LogP contribution in [0.3, 0.4) is 0 Å². The van der Waals surface area contributed by atoms with Gasteiger partial charge in [0, 0.05) is 0 Å². The topological polar surface area (TPSA) is 0 Å². The summed E-state index contributed by atoms with van der Waals surface area (Å²) in [5.74, 6) is -0.0442. The molecule has 1 fully saturated rings. The van der Waals surface area contributed by atoms with E-state index in [0.29, 0.717) is 17.4 Å². The minimum atomic E-state index is -0.725. The maximum absolute atomic E-state index is 13.4. The van der Waals surface area contributed by atoms with Crippen molar-refractivity contribution in [2.24, 2.45) is 11.8 Å². The first-order valence-corrected chi connectivity index (χ1v) is 5.05. The van der Waals surface area contributed by atoms with Gasteiger partial charge in [-0.3, -0.25) is 0 Å². The molecule has 0 heterocycles. The zero-order valence-electron chi connectivity index (χ0n) is 8.43. The van der Waals surface area contributed by atoms with E-state index in [0.717, 1.165) is 6.42 Å². The second-order valence-electron chi connectivity index (χ2n) is 4.39. The zero-order valence-corrected chi connectivity index (χ0v) is 8.43. The van der Waals surface area contributed by atoms with E-state index in [-0.39, 0.29) is 5.92 Å². The van der Waals surface area contributed by atoms with Gasteiger partial charge in [-0.1, -0.05) is 26.0 Å². The molecule has 2 atom stereocenters. The Morgan fingerprint density at radius 3 is 2.57 bits per heavy atom. The van der Waals surface area contributed by atoms with Crippen LogP contribution >= 0.6 is 0 Å². The molecule has 0 aliphatic heterocycles. The fraction of sp³-hybridized carbons (Fsp3) is 0.500. The minimum Gasteiger partial charge on any atom is -0.204 e. The molecule has 1 aromatic carbocycles. The van der Waals surface area contributed by atoms with Crippen molar-refractivity contribution in [2.75, 3.05) is 0 Å². The largest absolute Gasteiger partial charge is 0.204 e. The van der Waals surface area contributed by atoms with E-state index in [4.69, 9.17) is 0 Å². The summed E-state index contributed by atoms with van der Waals surface area (Å²) in [6, 6.07) is 4.46. The quantitative estimate of drug-likeness (QED) is 0.676. The summed E-state index contributed by atoms with van der Waals surface area (Å²) in [5.41, 5.74) is 0.559. The van der Waals surface area contributed by atoms with Crippen LogP contribution in [0.25, 0.3) is 0 Å². The van der Waals surface area contributed by atoms with Gasteiger partial charge in [0.05, 0.1) is 0 Å². The van der Waals surface area contributed by atoms with Gasteiger partial charge in [0.1, 0.15) is 0 Å². The summed E-state index contributed by atoms with van der Waals surface area (Å²) >= 11 is 0. The highest BCUT2D eigenvalue weighted by atomic mass is 19.2. The maximum Gasteiger partial charge on any atom is 0.162 e. The molecular weight excluding hydrogens is 182 g/mol. The zero-order chi connectivity index (χ0) is 10.3. The molecule has 2 heteroatoms. The molecule has 0 bridgehead atoms. The average Bonchev–Trinajstić information content (AvgIpc) is 2.89. The van der Waals surface area contributed by atoms with Gasteiger partial charge in [0.15, 0.2) is 11.6 Å². The van der Waals surface area contributed by atoms with Gasteiger partial charge in [-0.2, -0.15) is 0 Å². The van der Waals surface area contributed by atoms with Gasteiger partial charge in [0.25, 0.3) is 0 Å². The Balaban J connectivity index is 2.23. The van der Waals surface area contributed by atoms with Crippen LogP contribution in [0.2, 0.25) is 0 Å². The van der Waals surface area contributed by atoms with E-state index in [1.165, 1.54) is 6.07 Å². The lowest BCUT2D eigenvalue weighted by atomic mass is 10.0. The third kappa shape index (κ3) is 1.54. The average molecular weight is 196 g/mol.